The lowest BCUT2D eigenvalue weighted by molar-refractivity contribution is 0.277. The van der Waals surface area contributed by atoms with E-state index in [2.05, 4.69) is 47.5 Å². The molecule has 1 unspecified atom stereocenters. The van der Waals surface area contributed by atoms with Gasteiger partial charge in [0.1, 0.15) is 16.5 Å². The van der Waals surface area contributed by atoms with Gasteiger partial charge in [-0.05, 0) is 62.7 Å². The number of nitrogens with zero attached hydrogens (tertiary/aromatic N) is 3. The minimum Gasteiger partial charge on any atom is -0.368 e. The van der Waals surface area contributed by atoms with Gasteiger partial charge in [-0.2, -0.15) is 0 Å². The molecule has 4 nitrogen and oxygen atoms in total. The van der Waals surface area contributed by atoms with E-state index in [0.717, 1.165) is 31.2 Å². The molecular formula is C24H30N4S. The standard InChI is InChI=1S/C24H30N4S/c1-2-28-14-8-11-18(28)16-25-23-22-19-12-6-7-13-20(19)29-24(22)27-21(26-23)15-17-9-4-3-5-10-17/h3-5,9-10,18H,2,6-8,11-16H2,1H3,(H,25,26,27). The van der Waals surface area contributed by atoms with Gasteiger partial charge in [-0.25, -0.2) is 9.97 Å². The maximum Gasteiger partial charge on any atom is 0.138 e. The first-order valence-electron chi connectivity index (χ1n) is 11.1. The summed E-state index contributed by atoms with van der Waals surface area (Å²) in [6.07, 6.45) is 8.36. The molecule has 1 saturated heterocycles. The third kappa shape index (κ3) is 3.90. The van der Waals surface area contributed by atoms with Crippen molar-refractivity contribution in [1.82, 2.24) is 14.9 Å². The van der Waals surface area contributed by atoms with Crippen LogP contribution in [0.4, 0.5) is 5.82 Å². The lowest BCUT2D eigenvalue weighted by Gasteiger charge is -2.23. The Kier molecular flexibility index (Phi) is 5.51. The van der Waals surface area contributed by atoms with Crippen molar-refractivity contribution in [3.05, 3.63) is 52.2 Å². The Morgan fingerprint density at radius 1 is 1.10 bits per heavy atom. The highest BCUT2D eigenvalue weighted by molar-refractivity contribution is 7.19. The molecule has 29 heavy (non-hydrogen) atoms. The Balaban J connectivity index is 1.49. The molecule has 1 N–H and O–H groups in total. The second kappa shape index (κ2) is 8.41. The van der Waals surface area contributed by atoms with Crippen molar-refractivity contribution >= 4 is 27.4 Å². The second-order valence-corrected chi connectivity index (χ2v) is 9.43. The molecule has 1 aromatic carbocycles. The zero-order valence-corrected chi connectivity index (χ0v) is 18.1. The molecule has 1 aliphatic carbocycles. The van der Waals surface area contributed by atoms with Crippen LogP contribution in [0, 0.1) is 0 Å². The van der Waals surface area contributed by atoms with E-state index in [0.29, 0.717) is 6.04 Å². The SMILES string of the molecule is CCN1CCCC1CNc1nc(Cc2ccccc2)nc2sc3c(c12)CCCC3. The summed E-state index contributed by atoms with van der Waals surface area (Å²) in [5, 5.41) is 5.08. The van der Waals surface area contributed by atoms with Gasteiger partial charge in [0, 0.05) is 23.9 Å². The van der Waals surface area contributed by atoms with Crippen LogP contribution in [0.1, 0.15) is 54.4 Å². The molecule has 0 bridgehead atoms. The minimum absolute atomic E-state index is 0.622. The van der Waals surface area contributed by atoms with Gasteiger partial charge in [0.2, 0.25) is 0 Å². The summed E-state index contributed by atoms with van der Waals surface area (Å²) in [5.74, 6) is 2.01. The number of benzene rings is 1. The molecule has 0 saturated carbocycles. The molecule has 0 radical (unpaired) electrons. The van der Waals surface area contributed by atoms with E-state index in [1.807, 2.05) is 11.3 Å². The summed E-state index contributed by atoms with van der Waals surface area (Å²) in [5.41, 5.74) is 2.79. The third-order valence-electron chi connectivity index (χ3n) is 6.48. The Morgan fingerprint density at radius 3 is 2.83 bits per heavy atom. The minimum atomic E-state index is 0.622. The van der Waals surface area contributed by atoms with E-state index in [1.54, 1.807) is 0 Å². The van der Waals surface area contributed by atoms with E-state index < -0.39 is 0 Å². The first kappa shape index (κ1) is 19.0. The van der Waals surface area contributed by atoms with Gasteiger partial charge in [-0.3, -0.25) is 4.90 Å². The Morgan fingerprint density at radius 2 is 1.97 bits per heavy atom. The maximum absolute atomic E-state index is 5.05. The Bertz CT molecular complexity index is 981. The van der Waals surface area contributed by atoms with E-state index >= 15 is 0 Å². The number of anilines is 1. The Labute approximate surface area is 177 Å². The maximum atomic E-state index is 5.05. The molecule has 3 heterocycles. The van der Waals surface area contributed by atoms with Crippen LogP contribution in [0.25, 0.3) is 10.2 Å². The molecule has 1 atom stereocenters. The van der Waals surface area contributed by atoms with Gasteiger partial charge in [0.25, 0.3) is 0 Å². The Hall–Kier alpha value is -1.98. The lowest BCUT2D eigenvalue weighted by Crippen LogP contribution is -2.34. The average Bonchev–Trinajstić information content (AvgIpc) is 3.36. The smallest absolute Gasteiger partial charge is 0.138 e. The molecule has 2 aliphatic rings. The van der Waals surface area contributed by atoms with E-state index in [-0.39, 0.29) is 0 Å². The van der Waals surface area contributed by atoms with E-state index in [9.17, 15) is 0 Å². The summed E-state index contributed by atoms with van der Waals surface area (Å²) in [4.78, 5) is 15.4. The molecule has 3 aromatic rings. The van der Waals surface area contributed by atoms with Gasteiger partial charge < -0.3 is 5.32 Å². The summed E-state index contributed by atoms with van der Waals surface area (Å²) in [6.45, 7) is 5.62. The normalized spacial score (nSPS) is 19.6. The van der Waals surface area contributed by atoms with Crippen LogP contribution < -0.4 is 5.32 Å². The number of nitrogens with one attached hydrogen (secondary N) is 1. The van der Waals surface area contributed by atoms with Crippen LogP contribution in [0.2, 0.25) is 0 Å². The summed E-state index contributed by atoms with van der Waals surface area (Å²) >= 11 is 1.90. The number of hydrogen-bond donors (Lipinski definition) is 1. The van der Waals surface area contributed by atoms with Crippen LogP contribution in [0.5, 0.6) is 0 Å². The molecule has 152 valence electrons. The van der Waals surface area contributed by atoms with Crippen molar-refractivity contribution in [3.63, 3.8) is 0 Å². The van der Waals surface area contributed by atoms with Gasteiger partial charge in [0.05, 0.1) is 5.39 Å². The number of likely N-dealkylation sites (N-methyl/N-ethyl adjacent to an activating group) is 1. The predicted octanol–water partition coefficient (Wildman–Crippen LogP) is 5.06. The molecular weight excluding hydrogens is 376 g/mol. The van der Waals surface area contributed by atoms with Crippen LogP contribution in [-0.2, 0) is 19.3 Å². The number of thiophene rings is 1. The van der Waals surface area contributed by atoms with Crippen molar-refractivity contribution in [2.45, 2.75) is 57.9 Å². The number of aryl methyl sites for hydroxylation is 2. The number of likely N-dealkylation sites (tertiary alicyclic amines) is 1. The van der Waals surface area contributed by atoms with Crippen LogP contribution in [0.3, 0.4) is 0 Å². The van der Waals surface area contributed by atoms with Crippen LogP contribution in [0.15, 0.2) is 30.3 Å². The number of aromatic nitrogens is 2. The molecule has 1 aliphatic heterocycles. The fourth-order valence-corrected chi connectivity index (χ4v) is 6.22. The van der Waals surface area contributed by atoms with Gasteiger partial charge >= 0.3 is 0 Å². The van der Waals surface area contributed by atoms with Gasteiger partial charge in [0.15, 0.2) is 0 Å². The quantitative estimate of drug-likeness (QED) is 0.621. The first-order chi connectivity index (χ1) is 14.3. The number of fused-ring (bicyclic) bond motifs is 3. The average molecular weight is 407 g/mol. The fourth-order valence-electron chi connectivity index (χ4n) is 4.94. The fraction of sp³-hybridized carbons (Fsp3) is 0.500. The summed E-state index contributed by atoms with van der Waals surface area (Å²) in [6, 6.07) is 11.2. The highest BCUT2D eigenvalue weighted by Crippen LogP contribution is 2.39. The number of rotatable bonds is 6. The zero-order valence-electron chi connectivity index (χ0n) is 17.3. The number of hydrogen-bond acceptors (Lipinski definition) is 5. The molecule has 0 amide bonds. The van der Waals surface area contributed by atoms with Crippen molar-refractivity contribution in [2.75, 3.05) is 25.0 Å². The third-order valence-corrected chi connectivity index (χ3v) is 7.66. The monoisotopic (exact) mass is 406 g/mol. The molecule has 2 aromatic heterocycles. The van der Waals surface area contributed by atoms with E-state index in [1.165, 1.54) is 71.3 Å². The molecule has 0 spiro atoms. The first-order valence-corrected chi connectivity index (χ1v) is 12.0. The second-order valence-electron chi connectivity index (χ2n) is 8.35. The van der Waals surface area contributed by atoms with Crippen molar-refractivity contribution < 1.29 is 0 Å². The van der Waals surface area contributed by atoms with Crippen LogP contribution >= 0.6 is 11.3 Å². The largest absolute Gasteiger partial charge is 0.368 e. The zero-order chi connectivity index (χ0) is 19.6. The predicted molar refractivity (Wildman–Crippen MR) is 122 cm³/mol. The molecule has 1 fully saturated rings. The van der Waals surface area contributed by atoms with Crippen molar-refractivity contribution in [3.8, 4) is 0 Å². The molecule has 5 heteroatoms. The topological polar surface area (TPSA) is 41.0 Å². The van der Waals surface area contributed by atoms with Gasteiger partial charge in [-0.1, -0.05) is 37.3 Å². The highest BCUT2D eigenvalue weighted by Gasteiger charge is 2.25. The van der Waals surface area contributed by atoms with Crippen LogP contribution in [-0.4, -0.2) is 40.5 Å². The van der Waals surface area contributed by atoms with E-state index in [4.69, 9.17) is 9.97 Å². The van der Waals surface area contributed by atoms with Crippen molar-refractivity contribution in [2.24, 2.45) is 0 Å². The molecule has 5 rings (SSSR count). The van der Waals surface area contributed by atoms with Crippen molar-refractivity contribution in [1.29, 1.82) is 0 Å². The van der Waals surface area contributed by atoms with Gasteiger partial charge in [-0.15, -0.1) is 11.3 Å². The lowest BCUT2D eigenvalue weighted by atomic mass is 9.97. The summed E-state index contributed by atoms with van der Waals surface area (Å²) < 4.78 is 0. The highest BCUT2D eigenvalue weighted by atomic mass is 32.1. The summed E-state index contributed by atoms with van der Waals surface area (Å²) in [7, 11) is 0.